The lowest BCUT2D eigenvalue weighted by Gasteiger charge is -2.36. The molecule has 1 saturated carbocycles. The van der Waals surface area contributed by atoms with Crippen LogP contribution in [0.1, 0.15) is 51.0 Å². The summed E-state index contributed by atoms with van der Waals surface area (Å²) in [4.78, 5) is 0. The highest BCUT2D eigenvalue weighted by Gasteiger charge is 2.31. The largest absolute Gasteiger partial charge is 0.459 e. The van der Waals surface area contributed by atoms with Crippen molar-refractivity contribution in [1.82, 2.24) is 0 Å². The Bertz CT molecular complexity index is 776. The molecule has 2 aliphatic rings. The van der Waals surface area contributed by atoms with Gasteiger partial charge in [0.25, 0.3) is 6.43 Å². The normalized spacial score (nSPS) is 26.6. The fourth-order valence-corrected chi connectivity index (χ4v) is 4.28. The van der Waals surface area contributed by atoms with Gasteiger partial charge in [-0.25, -0.2) is 17.6 Å². The topological polar surface area (TPSA) is 27.7 Å². The molecular formula is C24H28F4O3. The van der Waals surface area contributed by atoms with E-state index in [0.29, 0.717) is 37.4 Å². The monoisotopic (exact) mass is 440 g/mol. The van der Waals surface area contributed by atoms with Crippen molar-refractivity contribution < 1.29 is 31.8 Å². The number of hydrogen-bond donors (Lipinski definition) is 0. The lowest BCUT2D eigenvalue weighted by Crippen LogP contribution is -2.36. The van der Waals surface area contributed by atoms with Gasteiger partial charge in [-0.3, -0.25) is 0 Å². The molecule has 31 heavy (non-hydrogen) atoms. The number of halogens is 4. The third-order valence-corrected chi connectivity index (χ3v) is 5.92. The van der Waals surface area contributed by atoms with E-state index in [0.717, 1.165) is 18.1 Å². The van der Waals surface area contributed by atoms with Crippen LogP contribution >= 0.6 is 0 Å². The molecule has 3 nitrogen and oxygen atoms in total. The number of alkyl halides is 2. The van der Waals surface area contributed by atoms with Crippen molar-refractivity contribution in [2.75, 3.05) is 13.2 Å². The van der Waals surface area contributed by atoms with Gasteiger partial charge in [0.05, 0.1) is 19.5 Å². The Labute approximate surface area is 180 Å². The van der Waals surface area contributed by atoms with E-state index in [1.54, 1.807) is 0 Å². The van der Waals surface area contributed by atoms with E-state index >= 15 is 0 Å². The van der Waals surface area contributed by atoms with Gasteiger partial charge in [-0.1, -0.05) is 38.5 Å². The molecule has 1 heterocycles. The van der Waals surface area contributed by atoms with Crippen molar-refractivity contribution in [2.45, 2.75) is 58.2 Å². The summed E-state index contributed by atoms with van der Waals surface area (Å²) in [6.45, 7) is 3.36. The zero-order valence-corrected chi connectivity index (χ0v) is 17.6. The maximum atomic E-state index is 14.0. The first-order chi connectivity index (χ1) is 15.0. The number of allylic oxidation sites excluding steroid dienone is 1. The van der Waals surface area contributed by atoms with Crippen LogP contribution in [0.4, 0.5) is 17.6 Å². The minimum atomic E-state index is -2.78. The van der Waals surface area contributed by atoms with Crippen molar-refractivity contribution >= 4 is 0 Å². The predicted octanol–water partition coefficient (Wildman–Crippen LogP) is 6.07. The Kier molecular flexibility index (Phi) is 8.79. The predicted molar refractivity (Wildman–Crippen MR) is 109 cm³/mol. The van der Waals surface area contributed by atoms with Crippen LogP contribution in [-0.4, -0.2) is 25.9 Å². The van der Waals surface area contributed by atoms with Gasteiger partial charge in [0.2, 0.25) is 6.29 Å². The van der Waals surface area contributed by atoms with Crippen LogP contribution in [0.25, 0.3) is 0 Å². The van der Waals surface area contributed by atoms with Gasteiger partial charge in [0.15, 0.2) is 17.4 Å². The molecule has 1 aliphatic carbocycles. The summed E-state index contributed by atoms with van der Waals surface area (Å²) in [6.07, 6.45) is 4.91. The number of ether oxygens (including phenoxy) is 3. The average Bonchev–Trinajstić information content (AvgIpc) is 2.75. The summed E-state index contributed by atoms with van der Waals surface area (Å²) in [5.41, 5.74) is 0.0729. The molecule has 0 spiro atoms. The summed E-state index contributed by atoms with van der Waals surface area (Å²) >= 11 is 0. The van der Waals surface area contributed by atoms with Crippen LogP contribution in [0.3, 0.4) is 0 Å². The molecular weight excluding hydrogens is 412 g/mol. The maximum Gasteiger partial charge on any atom is 0.260 e. The molecule has 3 rings (SSSR count). The zero-order chi connectivity index (χ0) is 22.2. The summed E-state index contributed by atoms with van der Waals surface area (Å²) < 4.78 is 68.2. The van der Waals surface area contributed by atoms with Crippen molar-refractivity contribution in [3.8, 4) is 17.6 Å². The molecule has 1 aromatic rings. The molecule has 7 heteroatoms. The molecule has 0 aromatic heterocycles. The van der Waals surface area contributed by atoms with Crippen LogP contribution in [0.2, 0.25) is 0 Å². The van der Waals surface area contributed by atoms with Gasteiger partial charge >= 0.3 is 0 Å². The summed E-state index contributed by atoms with van der Waals surface area (Å²) in [7, 11) is 0. The maximum absolute atomic E-state index is 14.0. The van der Waals surface area contributed by atoms with Gasteiger partial charge in [0.1, 0.15) is 0 Å². The Morgan fingerprint density at radius 3 is 2.29 bits per heavy atom. The van der Waals surface area contributed by atoms with Crippen LogP contribution in [0.15, 0.2) is 24.5 Å². The van der Waals surface area contributed by atoms with Gasteiger partial charge in [0, 0.05) is 17.6 Å². The number of hydrogen-bond acceptors (Lipinski definition) is 3. The Balaban J connectivity index is 1.51. The van der Waals surface area contributed by atoms with E-state index in [2.05, 4.69) is 23.5 Å². The van der Waals surface area contributed by atoms with Crippen molar-refractivity contribution in [3.05, 3.63) is 41.7 Å². The minimum absolute atomic E-state index is 0.0729. The molecule has 2 fully saturated rings. The molecule has 1 saturated heterocycles. The van der Waals surface area contributed by atoms with Gasteiger partial charge in [-0.15, -0.1) is 0 Å². The van der Waals surface area contributed by atoms with Crippen LogP contribution in [0.5, 0.6) is 5.75 Å². The number of rotatable bonds is 6. The van der Waals surface area contributed by atoms with E-state index in [-0.39, 0.29) is 5.56 Å². The molecule has 1 aromatic carbocycles. The van der Waals surface area contributed by atoms with E-state index < -0.39 is 30.1 Å². The standard InChI is InChI=1S/C24H28F4O3/c1-2-3-16-4-7-18(8-5-16)19-14-30-23(31-15-19)9-6-17-12-20(25)24(21(26)13-17)29-11-10-22(27)28/h10-13,16,18-19,22-23H,2-5,7-8,14-15H2,1H3/b11-10+. The fourth-order valence-electron chi connectivity index (χ4n) is 4.28. The lowest BCUT2D eigenvalue weighted by atomic mass is 9.75. The second-order valence-corrected chi connectivity index (χ2v) is 8.15. The quantitative estimate of drug-likeness (QED) is 0.305. The Morgan fingerprint density at radius 1 is 1.06 bits per heavy atom. The van der Waals surface area contributed by atoms with Gasteiger partial charge in [-0.2, -0.15) is 0 Å². The molecule has 170 valence electrons. The lowest BCUT2D eigenvalue weighted by molar-refractivity contribution is -0.180. The van der Waals surface area contributed by atoms with Crippen molar-refractivity contribution in [1.29, 1.82) is 0 Å². The van der Waals surface area contributed by atoms with Crippen LogP contribution in [0, 0.1) is 41.2 Å². The van der Waals surface area contributed by atoms with Gasteiger partial charge < -0.3 is 14.2 Å². The average molecular weight is 440 g/mol. The first kappa shape index (κ1) is 23.6. The van der Waals surface area contributed by atoms with E-state index in [1.807, 2.05) is 0 Å². The molecule has 1 aliphatic heterocycles. The van der Waals surface area contributed by atoms with Crippen molar-refractivity contribution in [3.63, 3.8) is 0 Å². The van der Waals surface area contributed by atoms with Gasteiger partial charge in [-0.05, 0) is 42.7 Å². The summed E-state index contributed by atoms with van der Waals surface area (Å²) in [5.74, 6) is 4.36. The highest BCUT2D eigenvalue weighted by atomic mass is 19.3. The Hall–Kier alpha value is -2.04. The highest BCUT2D eigenvalue weighted by molar-refractivity contribution is 5.41. The molecule has 0 unspecified atom stereocenters. The molecule has 0 amide bonds. The van der Waals surface area contributed by atoms with E-state index in [1.165, 1.54) is 38.5 Å². The van der Waals surface area contributed by atoms with Crippen LogP contribution < -0.4 is 4.74 Å². The molecule has 0 radical (unpaired) electrons. The molecule has 0 bridgehead atoms. The van der Waals surface area contributed by atoms with Crippen molar-refractivity contribution in [2.24, 2.45) is 17.8 Å². The zero-order valence-electron chi connectivity index (χ0n) is 17.6. The second-order valence-electron chi connectivity index (χ2n) is 8.15. The smallest absolute Gasteiger partial charge is 0.260 e. The third kappa shape index (κ3) is 6.98. The third-order valence-electron chi connectivity index (χ3n) is 5.92. The van der Waals surface area contributed by atoms with E-state index in [4.69, 9.17) is 9.47 Å². The minimum Gasteiger partial charge on any atom is -0.459 e. The number of benzene rings is 1. The second kappa shape index (κ2) is 11.5. The Morgan fingerprint density at radius 2 is 1.71 bits per heavy atom. The first-order valence-corrected chi connectivity index (χ1v) is 10.8. The van der Waals surface area contributed by atoms with E-state index in [9.17, 15) is 17.6 Å². The fraction of sp³-hybridized carbons (Fsp3) is 0.583. The SMILES string of the molecule is CCCC1CCC(C2COC(C#Cc3cc(F)c(O/C=C/C(F)F)c(F)c3)OC2)CC1. The summed E-state index contributed by atoms with van der Waals surface area (Å²) in [6, 6.07) is 1.95. The highest BCUT2D eigenvalue weighted by Crippen LogP contribution is 2.36. The van der Waals surface area contributed by atoms with Crippen LogP contribution in [-0.2, 0) is 9.47 Å². The molecule has 0 atom stereocenters. The summed E-state index contributed by atoms with van der Waals surface area (Å²) in [5, 5.41) is 0. The first-order valence-electron chi connectivity index (χ1n) is 10.8. The molecule has 0 N–H and O–H groups in total.